The van der Waals surface area contributed by atoms with E-state index in [1.54, 1.807) is 17.0 Å². The number of nitrogens with one attached hydrogen (secondary N) is 1. The Labute approximate surface area is 162 Å². The van der Waals surface area contributed by atoms with Crippen molar-refractivity contribution in [3.63, 3.8) is 0 Å². The van der Waals surface area contributed by atoms with Crippen LogP contribution in [0.5, 0.6) is 0 Å². The van der Waals surface area contributed by atoms with E-state index in [2.05, 4.69) is 5.32 Å². The van der Waals surface area contributed by atoms with Crippen LogP contribution in [0.25, 0.3) is 10.8 Å². The molecule has 3 nitrogen and oxygen atoms in total. The van der Waals surface area contributed by atoms with Crippen LogP contribution in [0, 0.1) is 0 Å². The van der Waals surface area contributed by atoms with Crippen molar-refractivity contribution in [2.75, 3.05) is 10.2 Å². The third kappa shape index (κ3) is 3.64. The molecule has 0 unspecified atom stereocenters. The largest absolute Gasteiger partial charge is 0.330 e. The maximum absolute atomic E-state index is 13.2. The summed E-state index contributed by atoms with van der Waals surface area (Å²) in [5, 5.41) is 5.60. The van der Waals surface area contributed by atoms with Crippen LogP contribution in [0.3, 0.4) is 0 Å². The van der Waals surface area contributed by atoms with E-state index in [-0.39, 0.29) is 6.03 Å². The summed E-state index contributed by atoms with van der Waals surface area (Å²) in [6.07, 6.45) is 0. The average Bonchev–Trinajstić information content (AvgIpc) is 2.69. The summed E-state index contributed by atoms with van der Waals surface area (Å²) in [5.74, 6) is 0. The first-order valence-corrected chi connectivity index (χ1v) is 9.00. The van der Waals surface area contributed by atoms with Crippen LogP contribution < -0.4 is 10.2 Å². The molecule has 0 atom stereocenters. The van der Waals surface area contributed by atoms with Crippen LogP contribution in [0.4, 0.5) is 21.9 Å². The van der Waals surface area contributed by atoms with E-state index in [1.807, 2.05) is 84.9 Å². The van der Waals surface area contributed by atoms with Crippen molar-refractivity contribution in [3.8, 4) is 0 Å². The molecule has 0 bridgehead atoms. The van der Waals surface area contributed by atoms with Crippen molar-refractivity contribution in [3.05, 3.63) is 102 Å². The average molecular weight is 373 g/mol. The minimum atomic E-state index is -0.250. The van der Waals surface area contributed by atoms with E-state index in [4.69, 9.17) is 11.6 Å². The van der Waals surface area contributed by atoms with E-state index in [9.17, 15) is 4.79 Å². The molecule has 0 aliphatic carbocycles. The van der Waals surface area contributed by atoms with Gasteiger partial charge in [-0.25, -0.2) is 4.79 Å². The summed E-state index contributed by atoms with van der Waals surface area (Å²) in [6, 6.07) is 30.4. The molecular formula is C23H17ClN2O. The number of rotatable bonds is 3. The van der Waals surface area contributed by atoms with E-state index < -0.39 is 0 Å². The Balaban J connectivity index is 1.81. The number of benzene rings is 4. The van der Waals surface area contributed by atoms with Gasteiger partial charge in [0.05, 0.1) is 11.4 Å². The lowest BCUT2D eigenvalue weighted by molar-refractivity contribution is 0.259. The number of carbonyl (C=O) groups is 1. The monoisotopic (exact) mass is 372 g/mol. The fourth-order valence-corrected chi connectivity index (χ4v) is 3.28. The van der Waals surface area contributed by atoms with Crippen molar-refractivity contribution >= 4 is 45.5 Å². The minimum Gasteiger partial charge on any atom is -0.307 e. The summed E-state index contributed by atoms with van der Waals surface area (Å²) >= 11 is 6.06. The molecule has 4 heteroatoms. The summed E-state index contributed by atoms with van der Waals surface area (Å²) in [5.41, 5.74) is 2.25. The van der Waals surface area contributed by atoms with Gasteiger partial charge in [0.15, 0.2) is 0 Å². The smallest absolute Gasteiger partial charge is 0.307 e. The van der Waals surface area contributed by atoms with Crippen molar-refractivity contribution in [2.45, 2.75) is 0 Å². The zero-order valence-corrected chi connectivity index (χ0v) is 15.2. The number of hydrogen-bond acceptors (Lipinski definition) is 1. The van der Waals surface area contributed by atoms with Gasteiger partial charge < -0.3 is 5.32 Å². The van der Waals surface area contributed by atoms with Crippen molar-refractivity contribution in [2.24, 2.45) is 0 Å². The number of fused-ring (bicyclic) bond motifs is 1. The van der Waals surface area contributed by atoms with Crippen molar-refractivity contribution in [1.29, 1.82) is 0 Å². The fraction of sp³-hybridized carbons (Fsp3) is 0. The lowest BCUT2D eigenvalue weighted by Crippen LogP contribution is -2.31. The zero-order valence-electron chi connectivity index (χ0n) is 14.5. The fourth-order valence-electron chi connectivity index (χ4n) is 3.09. The van der Waals surface area contributed by atoms with Gasteiger partial charge in [0.1, 0.15) is 0 Å². The van der Waals surface area contributed by atoms with Crippen LogP contribution in [-0.4, -0.2) is 6.03 Å². The quantitative estimate of drug-likeness (QED) is 0.418. The Morgan fingerprint density at radius 3 is 2.30 bits per heavy atom. The van der Waals surface area contributed by atoms with E-state index in [0.29, 0.717) is 10.7 Å². The second-order valence-electron chi connectivity index (χ2n) is 6.11. The maximum atomic E-state index is 13.2. The molecule has 0 saturated carbocycles. The number of para-hydroxylation sites is 1. The standard InChI is InChI=1S/C23H17ClN2O/c24-18-10-7-11-19(16-18)25-23(27)26(20-12-2-1-3-13-20)22-15-6-9-17-8-4-5-14-21(17)22/h1-16H,(H,25,27). The molecule has 4 aromatic carbocycles. The summed E-state index contributed by atoms with van der Waals surface area (Å²) < 4.78 is 0. The molecule has 0 fully saturated rings. The van der Waals surface area contributed by atoms with Crippen molar-refractivity contribution < 1.29 is 4.79 Å². The second-order valence-corrected chi connectivity index (χ2v) is 6.55. The van der Waals surface area contributed by atoms with Crippen LogP contribution in [0.15, 0.2) is 97.1 Å². The van der Waals surface area contributed by atoms with Crippen LogP contribution in [0.2, 0.25) is 5.02 Å². The first-order chi connectivity index (χ1) is 13.2. The van der Waals surface area contributed by atoms with Gasteiger partial charge in [0, 0.05) is 16.1 Å². The lowest BCUT2D eigenvalue weighted by Gasteiger charge is -2.25. The number of anilines is 3. The SMILES string of the molecule is O=C(Nc1cccc(Cl)c1)N(c1ccccc1)c1cccc2ccccc12. The molecule has 0 heterocycles. The van der Waals surface area contributed by atoms with E-state index in [1.165, 1.54) is 0 Å². The summed E-state index contributed by atoms with van der Waals surface area (Å²) in [7, 11) is 0. The number of amides is 2. The predicted molar refractivity (Wildman–Crippen MR) is 113 cm³/mol. The number of hydrogen-bond donors (Lipinski definition) is 1. The highest BCUT2D eigenvalue weighted by molar-refractivity contribution is 6.31. The molecule has 4 aromatic rings. The molecule has 132 valence electrons. The summed E-state index contributed by atoms with van der Waals surface area (Å²) in [6.45, 7) is 0. The van der Waals surface area contributed by atoms with Gasteiger partial charge >= 0.3 is 6.03 Å². The first-order valence-electron chi connectivity index (χ1n) is 8.62. The molecule has 1 N–H and O–H groups in total. The highest BCUT2D eigenvalue weighted by atomic mass is 35.5. The number of halogens is 1. The highest BCUT2D eigenvalue weighted by Gasteiger charge is 2.20. The first kappa shape index (κ1) is 17.1. The lowest BCUT2D eigenvalue weighted by atomic mass is 10.1. The molecule has 27 heavy (non-hydrogen) atoms. The van der Waals surface area contributed by atoms with Gasteiger partial charge in [-0.1, -0.05) is 72.3 Å². The molecule has 0 spiro atoms. The van der Waals surface area contributed by atoms with Crippen molar-refractivity contribution in [1.82, 2.24) is 0 Å². The van der Waals surface area contributed by atoms with Gasteiger partial charge in [-0.2, -0.15) is 0 Å². The molecule has 4 rings (SSSR count). The Morgan fingerprint density at radius 1 is 0.778 bits per heavy atom. The van der Waals surface area contributed by atoms with Gasteiger partial charge in [0.25, 0.3) is 0 Å². The predicted octanol–water partition coefficient (Wildman–Crippen LogP) is 6.86. The maximum Gasteiger partial charge on any atom is 0.330 e. The third-order valence-corrected chi connectivity index (χ3v) is 4.54. The molecule has 0 saturated heterocycles. The van der Waals surface area contributed by atoms with Gasteiger partial charge in [-0.05, 0) is 41.8 Å². The number of nitrogens with zero attached hydrogens (tertiary/aromatic N) is 1. The Morgan fingerprint density at radius 2 is 1.48 bits per heavy atom. The van der Waals surface area contributed by atoms with Crippen LogP contribution in [0.1, 0.15) is 0 Å². The van der Waals surface area contributed by atoms with E-state index in [0.717, 1.165) is 22.1 Å². The molecule has 0 aliphatic rings. The Kier molecular flexibility index (Phi) is 4.77. The highest BCUT2D eigenvalue weighted by Crippen LogP contribution is 2.33. The molecule has 2 amide bonds. The zero-order chi connectivity index (χ0) is 18.6. The minimum absolute atomic E-state index is 0.250. The Bertz CT molecular complexity index is 1090. The normalized spacial score (nSPS) is 10.6. The van der Waals surface area contributed by atoms with Crippen LogP contribution >= 0.6 is 11.6 Å². The summed E-state index contributed by atoms with van der Waals surface area (Å²) in [4.78, 5) is 14.9. The third-order valence-electron chi connectivity index (χ3n) is 4.30. The topological polar surface area (TPSA) is 32.3 Å². The number of urea groups is 1. The molecule has 0 aromatic heterocycles. The van der Waals surface area contributed by atoms with Gasteiger partial charge in [-0.3, -0.25) is 4.90 Å². The Hall–Kier alpha value is -3.30. The van der Waals surface area contributed by atoms with Gasteiger partial charge in [0.2, 0.25) is 0 Å². The second kappa shape index (κ2) is 7.52. The molecule has 0 radical (unpaired) electrons. The van der Waals surface area contributed by atoms with E-state index >= 15 is 0 Å². The number of carbonyl (C=O) groups excluding carboxylic acids is 1. The molecular weight excluding hydrogens is 356 g/mol. The van der Waals surface area contributed by atoms with Gasteiger partial charge in [-0.15, -0.1) is 0 Å². The van der Waals surface area contributed by atoms with Crippen LogP contribution in [-0.2, 0) is 0 Å². The molecule has 0 aliphatic heterocycles.